The summed E-state index contributed by atoms with van der Waals surface area (Å²) in [6.07, 6.45) is 21.9. The molecule has 7 heteroatoms. The zero-order valence-corrected chi connectivity index (χ0v) is 27.3. The summed E-state index contributed by atoms with van der Waals surface area (Å²) in [7, 11) is 2.38. The van der Waals surface area contributed by atoms with Gasteiger partial charge < -0.3 is 34.4 Å². The van der Waals surface area contributed by atoms with Gasteiger partial charge >= 0.3 is 0 Å². The number of ether oxygens (including phenoxy) is 2. The predicted molar refractivity (Wildman–Crippen MR) is 169 cm³/mol. The van der Waals surface area contributed by atoms with Crippen LogP contribution in [0.1, 0.15) is 149 Å². The van der Waals surface area contributed by atoms with E-state index in [4.69, 9.17) is 9.47 Å². The Balaban J connectivity index is 2.38. The fourth-order valence-electron chi connectivity index (χ4n) is 6.15. The number of hydrogen-bond acceptors (Lipinski definition) is 6. The average molecular weight is 589 g/mol. The Kier molecular flexibility index (Phi) is 23.7. The van der Waals surface area contributed by atoms with Gasteiger partial charge in [0.1, 0.15) is 24.4 Å². The fraction of sp³-hybridized carbons (Fsp3) is 1.00. The molecule has 4 N–H and O–H groups in total. The van der Waals surface area contributed by atoms with E-state index >= 15 is 0 Å². The summed E-state index contributed by atoms with van der Waals surface area (Å²) in [6, 6.07) is 0. The van der Waals surface area contributed by atoms with Crippen molar-refractivity contribution in [3.8, 4) is 0 Å². The number of rotatable bonds is 28. The lowest BCUT2D eigenvalue weighted by Gasteiger charge is -2.40. The first-order chi connectivity index (χ1) is 19.9. The van der Waals surface area contributed by atoms with Crippen LogP contribution in [-0.2, 0) is 9.47 Å². The van der Waals surface area contributed by atoms with Gasteiger partial charge in [-0.05, 0) is 25.7 Å². The Morgan fingerprint density at radius 3 is 1.34 bits per heavy atom. The van der Waals surface area contributed by atoms with Crippen molar-refractivity contribution < 1.29 is 34.4 Å². The summed E-state index contributed by atoms with van der Waals surface area (Å²) in [6.45, 7) is 7.91. The zero-order valence-electron chi connectivity index (χ0n) is 27.3. The van der Waals surface area contributed by atoms with Gasteiger partial charge in [0, 0.05) is 6.42 Å². The molecule has 1 rings (SSSR count). The van der Waals surface area contributed by atoms with Gasteiger partial charge in [0.15, 0.2) is 6.29 Å². The average Bonchev–Trinajstić information content (AvgIpc) is 2.97. The highest BCUT2D eigenvalue weighted by atomic mass is 16.7. The van der Waals surface area contributed by atoms with Gasteiger partial charge in [-0.2, -0.15) is 0 Å². The van der Waals surface area contributed by atoms with Crippen LogP contribution >= 0.6 is 0 Å². The van der Waals surface area contributed by atoms with Crippen molar-refractivity contribution in [3.63, 3.8) is 0 Å². The van der Waals surface area contributed by atoms with E-state index < -0.39 is 37.3 Å². The van der Waals surface area contributed by atoms with Crippen LogP contribution in [0.4, 0.5) is 0 Å². The van der Waals surface area contributed by atoms with E-state index in [1.807, 2.05) is 0 Å². The molecule has 0 aromatic carbocycles. The van der Waals surface area contributed by atoms with Gasteiger partial charge in [0.25, 0.3) is 0 Å². The molecule has 1 fully saturated rings. The van der Waals surface area contributed by atoms with Crippen molar-refractivity contribution in [1.82, 2.24) is 0 Å². The minimum absolute atomic E-state index is 0.409. The molecule has 1 aliphatic heterocycles. The van der Waals surface area contributed by atoms with E-state index in [1.165, 1.54) is 142 Å². The molecule has 1 aliphatic rings. The maximum atomic E-state index is 10.3. The van der Waals surface area contributed by atoms with Crippen molar-refractivity contribution in [1.29, 1.82) is 0 Å². The second-order valence-corrected chi connectivity index (χ2v) is 13.1. The normalized spacial score (nSPS) is 23.3. The third kappa shape index (κ3) is 18.2. The lowest BCUT2D eigenvalue weighted by molar-refractivity contribution is -0.910. The molecule has 1 saturated heterocycles. The van der Waals surface area contributed by atoms with Crippen LogP contribution in [0.2, 0.25) is 0 Å². The molecule has 0 radical (unpaired) electrons. The molecule has 0 spiro atoms. The minimum atomic E-state index is -1.39. The molecule has 0 aliphatic carbocycles. The Hall–Kier alpha value is -0.280. The van der Waals surface area contributed by atoms with Gasteiger partial charge in [-0.1, -0.05) is 117 Å². The van der Waals surface area contributed by atoms with Gasteiger partial charge in [-0.25, -0.2) is 0 Å². The summed E-state index contributed by atoms with van der Waals surface area (Å²) in [5, 5.41) is 39.7. The lowest BCUT2D eigenvalue weighted by atomic mass is 9.99. The van der Waals surface area contributed by atoms with Crippen LogP contribution in [0, 0.1) is 0 Å². The maximum absolute atomic E-state index is 10.3. The van der Waals surface area contributed by atoms with Crippen molar-refractivity contribution in [2.75, 3.05) is 39.9 Å². The van der Waals surface area contributed by atoms with Crippen molar-refractivity contribution in [2.45, 2.75) is 179 Å². The predicted octanol–water partition coefficient (Wildman–Crippen LogP) is 6.48. The highest BCUT2D eigenvalue weighted by molar-refractivity contribution is 4.88. The summed E-state index contributed by atoms with van der Waals surface area (Å²) in [4.78, 5) is 0. The quantitative estimate of drug-likeness (QED) is 0.0617. The Morgan fingerprint density at radius 2 is 0.927 bits per heavy atom. The standard InChI is InChI=1S/C34H70NO6/c1-4-6-8-10-12-14-16-18-20-22-25-35(3,26-23-21-19-17-15-13-11-9-7-5-2)27-24-28-40-34-33(39)32(38)31(37)30(29-36)41-34/h30-34,36-39H,4-29H2,1-3H3/q+1/t30-,31-,32+,33-,34-/m1/s1. The topological polar surface area (TPSA) is 99.4 Å². The van der Waals surface area contributed by atoms with Crippen LogP contribution < -0.4 is 0 Å². The van der Waals surface area contributed by atoms with Crippen LogP contribution in [0.15, 0.2) is 0 Å². The third-order valence-corrected chi connectivity index (χ3v) is 9.08. The number of aliphatic hydroxyl groups is 4. The summed E-state index contributed by atoms with van der Waals surface area (Å²) in [5.41, 5.74) is 0. The van der Waals surface area contributed by atoms with E-state index in [9.17, 15) is 20.4 Å². The van der Waals surface area contributed by atoms with Crippen LogP contribution in [0.25, 0.3) is 0 Å². The third-order valence-electron chi connectivity index (χ3n) is 9.08. The molecule has 0 aromatic heterocycles. The number of nitrogens with zero attached hydrogens (tertiary/aromatic N) is 1. The highest BCUT2D eigenvalue weighted by Crippen LogP contribution is 2.22. The number of unbranched alkanes of at least 4 members (excludes halogenated alkanes) is 18. The molecule has 246 valence electrons. The van der Waals surface area contributed by atoms with Crippen molar-refractivity contribution in [3.05, 3.63) is 0 Å². The molecule has 0 saturated carbocycles. The molecule has 0 unspecified atom stereocenters. The van der Waals surface area contributed by atoms with E-state index in [2.05, 4.69) is 20.9 Å². The number of hydrogen-bond donors (Lipinski definition) is 4. The van der Waals surface area contributed by atoms with Crippen LogP contribution in [0.5, 0.6) is 0 Å². The zero-order chi connectivity index (χ0) is 30.2. The molecule has 5 atom stereocenters. The molecular formula is C34H70NO6+. The number of aliphatic hydroxyl groups excluding tert-OH is 4. The SMILES string of the molecule is CCCCCCCCCCCC[N+](C)(CCCCCCCCCCCC)CCCO[C@@H]1O[C@H](CO)[C@@H](O)[C@H](O)[C@H]1O. The molecular weight excluding hydrogens is 518 g/mol. The van der Waals surface area contributed by atoms with Crippen molar-refractivity contribution >= 4 is 0 Å². The minimum Gasteiger partial charge on any atom is -0.394 e. The summed E-state index contributed by atoms with van der Waals surface area (Å²) >= 11 is 0. The fourth-order valence-corrected chi connectivity index (χ4v) is 6.15. The first-order valence-corrected chi connectivity index (χ1v) is 17.6. The summed E-state index contributed by atoms with van der Waals surface area (Å²) in [5.74, 6) is 0. The second-order valence-electron chi connectivity index (χ2n) is 13.1. The number of quaternary nitrogens is 1. The van der Waals surface area contributed by atoms with E-state index in [1.54, 1.807) is 0 Å². The summed E-state index contributed by atoms with van der Waals surface area (Å²) < 4.78 is 12.3. The van der Waals surface area contributed by atoms with Gasteiger partial charge in [0.05, 0.1) is 39.9 Å². The van der Waals surface area contributed by atoms with Crippen LogP contribution in [0.3, 0.4) is 0 Å². The van der Waals surface area contributed by atoms with Crippen molar-refractivity contribution in [2.24, 2.45) is 0 Å². The Bertz CT molecular complexity index is 553. The second kappa shape index (κ2) is 25.1. The highest BCUT2D eigenvalue weighted by Gasteiger charge is 2.44. The smallest absolute Gasteiger partial charge is 0.186 e. The molecule has 7 nitrogen and oxygen atoms in total. The lowest BCUT2D eigenvalue weighted by Crippen LogP contribution is -2.59. The first-order valence-electron chi connectivity index (χ1n) is 17.6. The monoisotopic (exact) mass is 589 g/mol. The molecule has 1 heterocycles. The van der Waals surface area contributed by atoms with E-state index in [0.717, 1.165) is 17.4 Å². The van der Waals surface area contributed by atoms with Gasteiger partial charge in [-0.3, -0.25) is 0 Å². The largest absolute Gasteiger partial charge is 0.394 e. The van der Waals surface area contributed by atoms with E-state index in [-0.39, 0.29) is 0 Å². The van der Waals surface area contributed by atoms with E-state index in [0.29, 0.717) is 6.61 Å². The molecule has 0 bridgehead atoms. The molecule has 41 heavy (non-hydrogen) atoms. The van der Waals surface area contributed by atoms with Gasteiger partial charge in [-0.15, -0.1) is 0 Å². The Labute approximate surface area is 253 Å². The molecule has 0 aromatic rings. The molecule has 0 amide bonds. The Morgan fingerprint density at radius 1 is 0.537 bits per heavy atom. The van der Waals surface area contributed by atoms with Crippen LogP contribution in [-0.4, -0.2) is 95.5 Å². The maximum Gasteiger partial charge on any atom is 0.186 e. The first kappa shape index (κ1) is 38.7. The van der Waals surface area contributed by atoms with Gasteiger partial charge in [0.2, 0.25) is 0 Å².